The largest absolute Gasteiger partial charge is 0.507 e. The van der Waals surface area contributed by atoms with E-state index in [1.54, 1.807) is 74.9 Å². The average molecular weight is 752 g/mol. The number of phenolic OH excluding ortho intramolecular Hbond substituents is 1. The number of rotatable bonds is 5. The molecule has 1 aliphatic heterocycles. The standard InChI is InChI=1S/C28H32O7.C15H13NO4/c1-14(29)34-17-12-26(5)16(15-8-10-33-13-15)11-19-28(26,35-19)27(6)21(17)25(4)9-7-18(30)24(2,3)22(25)20(31)23(27)32;1-10(17)16-11-6-8-12(9-7-11)20-15(19)13-4-2-3-5-14(13)18/h7-10,13,16-17,19,21,31H,11-12H2,1-6H3;2-9,18H,1H3,(H,16,17). The molecule has 4 aliphatic carbocycles. The van der Waals surface area contributed by atoms with Gasteiger partial charge in [-0.05, 0) is 99.2 Å². The van der Waals surface area contributed by atoms with Gasteiger partial charge in [0.05, 0.1) is 29.5 Å². The third-order valence-electron chi connectivity index (χ3n) is 12.9. The quantitative estimate of drug-likeness (QED) is 0.139. The number of carbonyl (C=O) groups is 5. The van der Waals surface area contributed by atoms with Gasteiger partial charge >= 0.3 is 11.9 Å². The molecule has 8 rings (SSSR count). The molecule has 1 saturated heterocycles. The first-order valence-corrected chi connectivity index (χ1v) is 18.3. The van der Waals surface area contributed by atoms with Crippen molar-refractivity contribution in [3.8, 4) is 11.5 Å². The number of amides is 1. The number of carbonyl (C=O) groups excluding carboxylic acids is 5. The second-order valence-electron chi connectivity index (χ2n) is 16.4. The Balaban J connectivity index is 0.000000198. The number of ether oxygens (including phenoxy) is 3. The number of benzene rings is 2. The predicted molar refractivity (Wildman–Crippen MR) is 198 cm³/mol. The first-order chi connectivity index (χ1) is 25.8. The molecule has 2 heterocycles. The molecule has 12 heteroatoms. The van der Waals surface area contributed by atoms with Crippen molar-refractivity contribution in [3.05, 3.63) is 102 Å². The number of phenols is 1. The maximum absolute atomic E-state index is 14.3. The zero-order chi connectivity index (χ0) is 39.9. The Labute approximate surface area is 318 Å². The number of aliphatic hydroxyl groups is 1. The summed E-state index contributed by atoms with van der Waals surface area (Å²) in [6, 6.07) is 14.4. The number of nitrogens with one attached hydrogen (secondary N) is 1. The Kier molecular flexibility index (Phi) is 8.80. The molecule has 55 heavy (non-hydrogen) atoms. The molecular formula is C43H45NO11. The van der Waals surface area contributed by atoms with Crippen LogP contribution in [0.15, 0.2) is 95.0 Å². The lowest BCUT2D eigenvalue weighted by atomic mass is 9.38. The van der Waals surface area contributed by atoms with Gasteiger partial charge in [-0.25, -0.2) is 4.79 Å². The van der Waals surface area contributed by atoms with E-state index in [9.17, 15) is 34.2 Å². The lowest BCUT2D eigenvalue weighted by molar-refractivity contribution is -0.200. The molecule has 5 aliphatic rings. The van der Waals surface area contributed by atoms with Crippen molar-refractivity contribution in [2.45, 2.75) is 85.0 Å². The molecule has 0 bridgehead atoms. The van der Waals surface area contributed by atoms with E-state index in [1.165, 1.54) is 26.0 Å². The Morgan fingerprint density at radius 2 is 1.62 bits per heavy atom. The number of para-hydroxylation sites is 1. The summed E-state index contributed by atoms with van der Waals surface area (Å²) in [5.74, 6) is -2.46. The zero-order valence-corrected chi connectivity index (χ0v) is 31.8. The van der Waals surface area contributed by atoms with E-state index in [1.807, 2.05) is 19.9 Å². The second kappa shape index (κ2) is 12.8. The van der Waals surface area contributed by atoms with Crippen molar-refractivity contribution in [1.29, 1.82) is 0 Å². The summed E-state index contributed by atoms with van der Waals surface area (Å²) in [4.78, 5) is 62.3. The van der Waals surface area contributed by atoms with Gasteiger partial charge in [0.1, 0.15) is 28.8 Å². The fraction of sp³-hybridized carbons (Fsp3) is 0.419. The molecule has 8 unspecified atom stereocenters. The molecule has 1 amide bonds. The van der Waals surface area contributed by atoms with Crippen molar-refractivity contribution in [3.63, 3.8) is 0 Å². The van der Waals surface area contributed by atoms with Gasteiger partial charge in [0.15, 0.2) is 11.5 Å². The highest BCUT2D eigenvalue weighted by atomic mass is 16.6. The van der Waals surface area contributed by atoms with E-state index < -0.39 is 57.0 Å². The average Bonchev–Trinajstić information content (AvgIpc) is 3.47. The van der Waals surface area contributed by atoms with Gasteiger partial charge in [-0.1, -0.05) is 32.1 Å². The van der Waals surface area contributed by atoms with Crippen LogP contribution in [0.4, 0.5) is 5.69 Å². The van der Waals surface area contributed by atoms with Crippen LogP contribution in [-0.2, 0) is 28.7 Å². The van der Waals surface area contributed by atoms with Crippen LogP contribution in [-0.4, -0.2) is 57.4 Å². The topological polar surface area (TPSA) is 182 Å². The summed E-state index contributed by atoms with van der Waals surface area (Å²) in [6.07, 6.45) is 7.17. The molecule has 288 valence electrons. The van der Waals surface area contributed by atoms with Crippen LogP contribution in [0, 0.1) is 27.6 Å². The number of hydrogen-bond acceptors (Lipinski definition) is 11. The maximum atomic E-state index is 14.3. The van der Waals surface area contributed by atoms with E-state index in [0.717, 1.165) is 5.56 Å². The van der Waals surface area contributed by atoms with E-state index in [-0.39, 0.29) is 40.8 Å². The number of esters is 2. The van der Waals surface area contributed by atoms with Crippen LogP contribution in [0.25, 0.3) is 0 Å². The molecule has 1 spiro atoms. The third-order valence-corrected chi connectivity index (χ3v) is 12.9. The Hall–Kier alpha value is -5.49. The summed E-state index contributed by atoms with van der Waals surface area (Å²) in [7, 11) is 0. The molecule has 3 N–H and O–H groups in total. The zero-order valence-electron chi connectivity index (χ0n) is 31.8. The second-order valence-corrected chi connectivity index (χ2v) is 16.4. The molecular weight excluding hydrogens is 706 g/mol. The molecule has 3 aromatic rings. The van der Waals surface area contributed by atoms with Crippen LogP contribution in [0.3, 0.4) is 0 Å². The van der Waals surface area contributed by atoms with Crippen molar-refractivity contribution in [1.82, 2.24) is 0 Å². The third kappa shape index (κ3) is 5.47. The number of Topliss-reactive ketones (excluding diaryl/α,β-unsaturated/α-hetero) is 1. The molecule has 2 saturated carbocycles. The summed E-state index contributed by atoms with van der Waals surface area (Å²) in [5, 5.41) is 23.7. The Morgan fingerprint density at radius 1 is 0.927 bits per heavy atom. The first-order valence-electron chi connectivity index (χ1n) is 18.3. The molecule has 12 nitrogen and oxygen atoms in total. The maximum Gasteiger partial charge on any atom is 0.347 e. The first kappa shape index (κ1) is 37.8. The summed E-state index contributed by atoms with van der Waals surface area (Å²) < 4.78 is 23.1. The summed E-state index contributed by atoms with van der Waals surface area (Å²) in [5.41, 5.74) is -2.35. The number of aromatic hydroxyl groups is 1. The molecule has 0 radical (unpaired) electrons. The SMILES string of the molecule is CC(=O)Nc1ccc(OC(=O)c2ccccc2O)cc1.CC(=O)OC1CC2(C)C(c3ccoc3)CC3OC32C2(C)C(=O)C(O)=C3C(C)(C)C(=O)C=CC3(C)C12. The fourth-order valence-corrected chi connectivity index (χ4v) is 10.8. The highest BCUT2D eigenvalue weighted by Crippen LogP contribution is 2.81. The van der Waals surface area contributed by atoms with Crippen molar-refractivity contribution >= 4 is 35.1 Å². The number of fused-ring (bicyclic) bond motifs is 3. The number of allylic oxidation sites excluding steroid dienone is 4. The number of furan rings is 1. The van der Waals surface area contributed by atoms with Crippen molar-refractivity contribution in [2.75, 3.05) is 5.32 Å². The van der Waals surface area contributed by atoms with Crippen LogP contribution in [0.5, 0.6) is 11.5 Å². The van der Waals surface area contributed by atoms with Gasteiger partial charge in [-0.2, -0.15) is 0 Å². The normalized spacial score (nSPS) is 33.5. The summed E-state index contributed by atoms with van der Waals surface area (Å²) in [6.45, 7) is 12.2. The van der Waals surface area contributed by atoms with Crippen LogP contribution < -0.4 is 10.1 Å². The molecule has 1 aromatic heterocycles. The van der Waals surface area contributed by atoms with Gasteiger partial charge in [0.2, 0.25) is 11.7 Å². The number of anilines is 1. The molecule has 3 fully saturated rings. The van der Waals surface area contributed by atoms with Gasteiger partial charge in [0, 0.05) is 36.3 Å². The van der Waals surface area contributed by atoms with E-state index >= 15 is 0 Å². The van der Waals surface area contributed by atoms with E-state index in [4.69, 9.17) is 18.6 Å². The number of hydrogen-bond donors (Lipinski definition) is 3. The van der Waals surface area contributed by atoms with Gasteiger partial charge in [0.25, 0.3) is 0 Å². The smallest absolute Gasteiger partial charge is 0.347 e. The van der Waals surface area contributed by atoms with Gasteiger partial charge < -0.3 is 34.2 Å². The molecule has 8 atom stereocenters. The predicted octanol–water partition coefficient (Wildman–Crippen LogP) is 7.00. The lowest BCUT2D eigenvalue weighted by Gasteiger charge is -2.64. The van der Waals surface area contributed by atoms with Crippen LogP contribution >= 0.6 is 0 Å². The number of ketones is 2. The Morgan fingerprint density at radius 3 is 2.24 bits per heavy atom. The number of aliphatic hydroxyl groups excluding tert-OH is 1. The van der Waals surface area contributed by atoms with E-state index in [2.05, 4.69) is 12.2 Å². The highest BCUT2D eigenvalue weighted by Gasteiger charge is 2.89. The minimum absolute atomic E-state index is 0.0453. The van der Waals surface area contributed by atoms with Crippen molar-refractivity contribution < 1.29 is 52.8 Å². The Bertz CT molecular complexity index is 2170. The lowest BCUT2D eigenvalue weighted by Crippen LogP contribution is -2.70. The minimum atomic E-state index is -1.17. The minimum Gasteiger partial charge on any atom is -0.507 e. The number of epoxide rings is 1. The van der Waals surface area contributed by atoms with Crippen molar-refractivity contribution in [2.24, 2.45) is 27.6 Å². The van der Waals surface area contributed by atoms with Gasteiger partial charge in [-0.15, -0.1) is 0 Å². The van der Waals surface area contributed by atoms with Gasteiger partial charge in [-0.3, -0.25) is 19.2 Å². The summed E-state index contributed by atoms with van der Waals surface area (Å²) >= 11 is 0. The van der Waals surface area contributed by atoms with Crippen LogP contribution in [0.1, 0.15) is 83.1 Å². The van der Waals surface area contributed by atoms with Crippen LogP contribution in [0.2, 0.25) is 0 Å². The van der Waals surface area contributed by atoms with E-state index in [0.29, 0.717) is 29.9 Å². The highest BCUT2D eigenvalue weighted by molar-refractivity contribution is 6.06. The molecule has 2 aromatic carbocycles. The monoisotopic (exact) mass is 751 g/mol. The fourth-order valence-electron chi connectivity index (χ4n) is 10.8.